The zero-order valence-corrected chi connectivity index (χ0v) is 14.8. The third kappa shape index (κ3) is 2.69. The van der Waals surface area contributed by atoms with Crippen LogP contribution in [0.15, 0.2) is 24.3 Å². The maximum Gasteiger partial charge on any atom is 0.256 e. The zero-order chi connectivity index (χ0) is 17.7. The fourth-order valence-electron chi connectivity index (χ4n) is 4.12. The lowest BCUT2D eigenvalue weighted by atomic mass is 9.98. The molecular weight excluding hydrogens is 328 g/mol. The number of hydrogen-bond acceptors (Lipinski definition) is 4. The van der Waals surface area contributed by atoms with Gasteiger partial charge in [0.05, 0.1) is 35.7 Å². The van der Waals surface area contributed by atoms with Crippen LogP contribution >= 0.6 is 0 Å². The Bertz CT molecular complexity index is 855. The van der Waals surface area contributed by atoms with Crippen LogP contribution in [0.2, 0.25) is 0 Å². The number of hydrogen-bond donors (Lipinski definition) is 2. The van der Waals surface area contributed by atoms with Gasteiger partial charge in [0.1, 0.15) is 6.10 Å². The highest BCUT2D eigenvalue weighted by Gasteiger charge is 2.34. The van der Waals surface area contributed by atoms with Crippen molar-refractivity contribution < 1.29 is 9.90 Å². The standard InChI is InChI=1S/C20H24N4O2/c25-19(14-6-7-14)17-11-15-12-23(9-10-24(15)22-17)20(26)16-5-1-3-13-4-2-8-21-18(13)16/h1,3,5,11,14,19,21,25H,2,4,6-10,12H2/t19-/m0/s1. The highest BCUT2D eigenvalue weighted by atomic mass is 16.3. The Hall–Kier alpha value is -2.34. The molecule has 0 unspecified atom stereocenters. The molecule has 26 heavy (non-hydrogen) atoms. The van der Waals surface area contributed by atoms with E-state index in [0.717, 1.165) is 54.9 Å². The third-order valence-corrected chi connectivity index (χ3v) is 5.78. The van der Waals surface area contributed by atoms with Crippen LogP contribution in [0.4, 0.5) is 5.69 Å². The van der Waals surface area contributed by atoms with Gasteiger partial charge in [-0.05, 0) is 49.3 Å². The van der Waals surface area contributed by atoms with E-state index in [9.17, 15) is 9.90 Å². The van der Waals surface area contributed by atoms with Crippen molar-refractivity contribution in [2.75, 3.05) is 18.4 Å². The molecule has 1 atom stereocenters. The maximum absolute atomic E-state index is 13.1. The molecular formula is C20H24N4O2. The minimum Gasteiger partial charge on any atom is -0.386 e. The quantitative estimate of drug-likeness (QED) is 0.890. The summed E-state index contributed by atoms with van der Waals surface area (Å²) in [6, 6.07) is 7.99. The number of nitrogens with one attached hydrogen (secondary N) is 1. The number of aliphatic hydroxyl groups excluding tert-OH is 1. The van der Waals surface area contributed by atoms with Crippen molar-refractivity contribution in [3.8, 4) is 0 Å². The van der Waals surface area contributed by atoms with Gasteiger partial charge in [-0.1, -0.05) is 12.1 Å². The second-order valence-corrected chi connectivity index (χ2v) is 7.66. The summed E-state index contributed by atoms with van der Waals surface area (Å²) in [6.07, 6.45) is 3.85. The molecule has 1 aromatic heterocycles. The van der Waals surface area contributed by atoms with Gasteiger partial charge in [0.2, 0.25) is 0 Å². The molecule has 0 saturated heterocycles. The van der Waals surface area contributed by atoms with Crippen LogP contribution < -0.4 is 5.32 Å². The lowest BCUT2D eigenvalue weighted by Gasteiger charge is -2.29. The minimum absolute atomic E-state index is 0.0768. The van der Waals surface area contributed by atoms with Crippen LogP contribution in [0.3, 0.4) is 0 Å². The first-order valence-corrected chi connectivity index (χ1v) is 9.60. The second kappa shape index (κ2) is 6.13. The van der Waals surface area contributed by atoms with Crippen LogP contribution in [0.25, 0.3) is 0 Å². The van der Waals surface area contributed by atoms with Crippen molar-refractivity contribution >= 4 is 11.6 Å². The van der Waals surface area contributed by atoms with Crippen molar-refractivity contribution in [3.63, 3.8) is 0 Å². The number of para-hydroxylation sites is 1. The molecule has 0 bridgehead atoms. The number of aliphatic hydroxyl groups is 1. The Labute approximate surface area is 152 Å². The molecule has 1 amide bonds. The van der Waals surface area contributed by atoms with Crippen LogP contribution in [-0.4, -0.2) is 38.8 Å². The Balaban J connectivity index is 1.38. The molecule has 1 saturated carbocycles. The summed E-state index contributed by atoms with van der Waals surface area (Å²) >= 11 is 0. The fourth-order valence-corrected chi connectivity index (χ4v) is 4.12. The monoisotopic (exact) mass is 352 g/mol. The Morgan fingerprint density at radius 1 is 1.31 bits per heavy atom. The molecule has 2 aromatic rings. The van der Waals surface area contributed by atoms with E-state index in [0.29, 0.717) is 25.6 Å². The summed E-state index contributed by atoms with van der Waals surface area (Å²) in [5, 5.41) is 18.3. The van der Waals surface area contributed by atoms with Gasteiger partial charge in [0.25, 0.3) is 5.91 Å². The summed E-state index contributed by atoms with van der Waals surface area (Å²) in [6.45, 7) is 2.80. The van der Waals surface area contributed by atoms with E-state index in [2.05, 4.69) is 16.5 Å². The van der Waals surface area contributed by atoms with Gasteiger partial charge < -0.3 is 15.3 Å². The van der Waals surface area contributed by atoms with E-state index in [1.54, 1.807) is 0 Å². The number of aryl methyl sites for hydroxylation is 1. The first-order chi connectivity index (χ1) is 12.7. The Kier molecular flexibility index (Phi) is 3.74. The lowest BCUT2D eigenvalue weighted by molar-refractivity contribution is 0.0706. The van der Waals surface area contributed by atoms with Crippen molar-refractivity contribution in [1.82, 2.24) is 14.7 Å². The topological polar surface area (TPSA) is 70.4 Å². The molecule has 3 heterocycles. The van der Waals surface area contributed by atoms with Gasteiger partial charge in [-0.15, -0.1) is 0 Å². The fraction of sp³-hybridized carbons (Fsp3) is 0.500. The van der Waals surface area contributed by atoms with Gasteiger partial charge in [-0.3, -0.25) is 9.48 Å². The van der Waals surface area contributed by atoms with Crippen molar-refractivity contribution in [3.05, 3.63) is 46.8 Å². The van der Waals surface area contributed by atoms with Crippen LogP contribution in [-0.2, 0) is 19.5 Å². The number of carbonyl (C=O) groups excluding carboxylic acids is 1. The number of carbonyl (C=O) groups is 1. The van der Waals surface area contributed by atoms with Gasteiger partial charge in [0, 0.05) is 13.1 Å². The summed E-state index contributed by atoms with van der Waals surface area (Å²) in [7, 11) is 0. The number of benzene rings is 1. The second-order valence-electron chi connectivity index (χ2n) is 7.66. The molecule has 2 aliphatic heterocycles. The van der Waals surface area contributed by atoms with Crippen LogP contribution in [0, 0.1) is 5.92 Å². The van der Waals surface area contributed by atoms with Crippen molar-refractivity contribution in [1.29, 1.82) is 0 Å². The molecule has 0 spiro atoms. The average Bonchev–Trinajstić information content (AvgIpc) is 3.44. The van der Waals surface area contributed by atoms with Crippen molar-refractivity contribution in [2.45, 2.75) is 44.9 Å². The predicted octanol–water partition coefficient (Wildman–Crippen LogP) is 2.34. The van der Waals surface area contributed by atoms with Gasteiger partial charge >= 0.3 is 0 Å². The number of amides is 1. The van der Waals surface area contributed by atoms with E-state index in [1.165, 1.54) is 5.56 Å². The lowest BCUT2D eigenvalue weighted by Crippen LogP contribution is -2.38. The first kappa shape index (κ1) is 15.9. The Morgan fingerprint density at radius 2 is 2.19 bits per heavy atom. The smallest absolute Gasteiger partial charge is 0.256 e. The number of fused-ring (bicyclic) bond motifs is 2. The average molecular weight is 352 g/mol. The van der Waals surface area contributed by atoms with Gasteiger partial charge in [-0.25, -0.2) is 0 Å². The van der Waals surface area contributed by atoms with E-state index >= 15 is 0 Å². The molecule has 5 rings (SSSR count). The molecule has 0 radical (unpaired) electrons. The molecule has 136 valence electrons. The van der Waals surface area contributed by atoms with Crippen molar-refractivity contribution in [2.24, 2.45) is 5.92 Å². The molecule has 6 nitrogen and oxygen atoms in total. The number of aromatic nitrogens is 2. The normalized spacial score (nSPS) is 20.1. The van der Waals surface area contributed by atoms with E-state index in [4.69, 9.17) is 0 Å². The van der Waals surface area contributed by atoms with Gasteiger partial charge in [-0.2, -0.15) is 5.10 Å². The molecule has 1 fully saturated rings. The van der Waals surface area contributed by atoms with E-state index in [1.807, 2.05) is 27.8 Å². The molecule has 6 heteroatoms. The summed E-state index contributed by atoms with van der Waals surface area (Å²) in [5.74, 6) is 0.444. The maximum atomic E-state index is 13.1. The summed E-state index contributed by atoms with van der Waals surface area (Å²) in [5.41, 5.74) is 4.78. The number of nitrogens with zero attached hydrogens (tertiary/aromatic N) is 3. The SMILES string of the molecule is O=C(c1cccc2c1NCCC2)N1CCn2nc([C@@H](O)C3CC3)cc2C1. The highest BCUT2D eigenvalue weighted by Crippen LogP contribution is 2.40. The Morgan fingerprint density at radius 3 is 3.04 bits per heavy atom. The molecule has 3 aliphatic rings. The van der Waals surface area contributed by atoms with Crippen LogP contribution in [0.5, 0.6) is 0 Å². The van der Waals surface area contributed by atoms with Gasteiger partial charge in [0.15, 0.2) is 0 Å². The number of anilines is 1. The molecule has 2 N–H and O–H groups in total. The summed E-state index contributed by atoms with van der Waals surface area (Å²) in [4.78, 5) is 15.0. The third-order valence-electron chi connectivity index (χ3n) is 5.78. The van der Waals surface area contributed by atoms with E-state index < -0.39 is 6.10 Å². The predicted molar refractivity (Wildman–Crippen MR) is 97.9 cm³/mol. The molecule has 1 aromatic carbocycles. The minimum atomic E-state index is -0.456. The first-order valence-electron chi connectivity index (χ1n) is 9.60. The summed E-state index contributed by atoms with van der Waals surface area (Å²) < 4.78 is 1.95. The zero-order valence-electron chi connectivity index (χ0n) is 14.8. The largest absolute Gasteiger partial charge is 0.386 e. The van der Waals surface area contributed by atoms with Crippen LogP contribution in [0.1, 0.15) is 52.7 Å². The highest BCUT2D eigenvalue weighted by molar-refractivity contribution is 6.00. The van der Waals surface area contributed by atoms with E-state index in [-0.39, 0.29) is 5.91 Å². The number of rotatable bonds is 3. The molecule has 1 aliphatic carbocycles.